The van der Waals surface area contributed by atoms with E-state index in [0.29, 0.717) is 29.9 Å². The molecule has 8 nitrogen and oxygen atoms in total. The molecule has 1 N–H and O–H groups in total. The molecule has 0 bridgehead atoms. The highest BCUT2D eigenvalue weighted by Crippen LogP contribution is 2.34. The zero-order valence-electron chi connectivity index (χ0n) is 19.0. The number of benzene rings is 2. The third kappa shape index (κ3) is 4.36. The molecule has 11 heteroatoms. The van der Waals surface area contributed by atoms with Gasteiger partial charge in [-0.15, -0.1) is 0 Å². The van der Waals surface area contributed by atoms with Crippen molar-refractivity contribution >= 4 is 27.8 Å². The van der Waals surface area contributed by atoms with Crippen LogP contribution in [0.5, 0.6) is 0 Å². The molecule has 0 saturated heterocycles. The Balaban J connectivity index is 1.46. The van der Waals surface area contributed by atoms with Gasteiger partial charge in [0.1, 0.15) is 12.7 Å². The number of aryl methyl sites for hydroxylation is 2. The van der Waals surface area contributed by atoms with E-state index >= 15 is 0 Å². The summed E-state index contributed by atoms with van der Waals surface area (Å²) in [6, 6.07) is 10.2. The van der Waals surface area contributed by atoms with Crippen molar-refractivity contribution in [1.82, 2.24) is 34.4 Å². The predicted molar refractivity (Wildman–Crippen MR) is 124 cm³/mol. The molecule has 0 aliphatic carbocycles. The third-order valence-electron chi connectivity index (χ3n) is 5.90. The van der Waals surface area contributed by atoms with E-state index < -0.39 is 11.7 Å². The van der Waals surface area contributed by atoms with E-state index in [0.717, 1.165) is 28.4 Å². The Labute approximate surface area is 198 Å². The van der Waals surface area contributed by atoms with Crippen molar-refractivity contribution < 1.29 is 18.0 Å². The predicted octanol–water partition coefficient (Wildman–Crippen LogP) is 4.34. The van der Waals surface area contributed by atoms with Gasteiger partial charge >= 0.3 is 6.18 Å². The van der Waals surface area contributed by atoms with Crippen LogP contribution in [-0.2, 0) is 19.8 Å². The quantitative estimate of drug-likeness (QED) is 0.391. The molecule has 3 heterocycles. The van der Waals surface area contributed by atoms with Crippen LogP contribution in [0.4, 0.5) is 13.2 Å². The lowest BCUT2D eigenvalue weighted by Gasteiger charge is -2.14. The van der Waals surface area contributed by atoms with Gasteiger partial charge in [-0.3, -0.25) is 18.7 Å². The number of hydrogen-bond acceptors (Lipinski definition) is 4. The molecular weight excluding hydrogens is 459 g/mol. The first kappa shape index (κ1) is 22.6. The smallest absolute Gasteiger partial charge is 0.350 e. The summed E-state index contributed by atoms with van der Waals surface area (Å²) in [5, 5.41) is 13.2. The second kappa shape index (κ2) is 8.57. The van der Waals surface area contributed by atoms with Crippen LogP contribution in [0.1, 0.15) is 29.3 Å². The fourth-order valence-corrected chi connectivity index (χ4v) is 4.15. The summed E-state index contributed by atoms with van der Waals surface area (Å²) in [6.07, 6.45) is 1.21. The minimum Gasteiger partial charge on any atom is -0.350 e. The van der Waals surface area contributed by atoms with Gasteiger partial charge in [0.05, 0.1) is 11.1 Å². The number of aromatic nitrogens is 6. The Kier molecular flexibility index (Phi) is 5.54. The second-order valence-corrected chi connectivity index (χ2v) is 8.47. The molecule has 0 saturated carbocycles. The second-order valence-electron chi connectivity index (χ2n) is 8.47. The summed E-state index contributed by atoms with van der Waals surface area (Å²) in [5.74, 6) is -0.211. The van der Waals surface area contributed by atoms with Crippen LogP contribution in [0.3, 0.4) is 0 Å². The number of hydrogen-bond donors (Lipinski definition) is 1. The van der Waals surface area contributed by atoms with Crippen molar-refractivity contribution in [2.45, 2.75) is 32.1 Å². The van der Waals surface area contributed by atoms with Gasteiger partial charge < -0.3 is 5.32 Å². The molecule has 1 amide bonds. The molecule has 0 radical (unpaired) electrons. The number of nitrogens with one attached hydrogen (secondary N) is 1. The highest BCUT2D eigenvalue weighted by atomic mass is 19.4. The molecule has 0 spiro atoms. The van der Waals surface area contributed by atoms with Crippen molar-refractivity contribution in [2.24, 2.45) is 7.05 Å². The van der Waals surface area contributed by atoms with Crippen molar-refractivity contribution in [2.75, 3.05) is 0 Å². The maximum atomic E-state index is 13.0. The highest BCUT2D eigenvalue weighted by molar-refractivity contribution is 6.10. The Morgan fingerprint density at radius 2 is 1.89 bits per heavy atom. The van der Waals surface area contributed by atoms with Crippen molar-refractivity contribution in [3.63, 3.8) is 0 Å². The first-order valence-electron chi connectivity index (χ1n) is 11.0. The first-order chi connectivity index (χ1) is 16.7. The average molecular weight is 481 g/mol. The zero-order valence-corrected chi connectivity index (χ0v) is 19.0. The molecule has 1 atom stereocenters. The largest absolute Gasteiger partial charge is 0.416 e. The van der Waals surface area contributed by atoms with Gasteiger partial charge in [-0.25, -0.2) is 4.98 Å². The summed E-state index contributed by atoms with van der Waals surface area (Å²) < 4.78 is 44.3. The maximum Gasteiger partial charge on any atom is 0.416 e. The molecule has 0 aliphatic rings. The van der Waals surface area contributed by atoms with Gasteiger partial charge in [-0.2, -0.15) is 23.4 Å². The molecule has 3 aromatic heterocycles. The summed E-state index contributed by atoms with van der Waals surface area (Å²) in [7, 11) is 1.77. The van der Waals surface area contributed by atoms with E-state index in [-0.39, 0.29) is 11.9 Å². The van der Waals surface area contributed by atoms with Crippen molar-refractivity contribution in [1.29, 1.82) is 0 Å². The fourth-order valence-electron chi connectivity index (χ4n) is 4.15. The number of alkyl halides is 3. The molecule has 35 heavy (non-hydrogen) atoms. The van der Waals surface area contributed by atoms with Crippen LogP contribution in [0, 0.1) is 0 Å². The number of halogens is 3. The zero-order chi connectivity index (χ0) is 24.7. The molecule has 0 aliphatic heterocycles. The molecule has 1 unspecified atom stereocenters. The maximum absolute atomic E-state index is 13.0. The Hall–Kier alpha value is -4.15. The monoisotopic (exact) mass is 481 g/mol. The standard InChI is InChI=1S/C24H22F3N7O/c1-15(9-10-33-14-28-13-29-33)30-23(35)16-3-8-21-19(11-16)20-12-32(2)31-22(20)34(21)18-6-4-17(5-7-18)24(25,26)27/h3-8,11-15H,9-10H2,1-2H3,(H,30,35). The topological polar surface area (TPSA) is 82.6 Å². The minimum absolute atomic E-state index is 0.0856. The molecule has 0 fully saturated rings. The van der Waals surface area contributed by atoms with E-state index in [1.807, 2.05) is 13.1 Å². The summed E-state index contributed by atoms with van der Waals surface area (Å²) in [6.45, 7) is 2.56. The van der Waals surface area contributed by atoms with Gasteiger partial charge in [-0.1, -0.05) is 0 Å². The Morgan fingerprint density at radius 3 is 2.57 bits per heavy atom. The van der Waals surface area contributed by atoms with Crippen molar-refractivity contribution in [3.8, 4) is 5.69 Å². The lowest BCUT2D eigenvalue weighted by atomic mass is 10.1. The van der Waals surface area contributed by atoms with Gasteiger partial charge in [-0.05, 0) is 55.8 Å². The number of fused-ring (bicyclic) bond motifs is 3. The van der Waals surface area contributed by atoms with E-state index in [4.69, 9.17) is 0 Å². The van der Waals surface area contributed by atoms with Crippen LogP contribution < -0.4 is 5.32 Å². The molecular formula is C24H22F3N7O. The summed E-state index contributed by atoms with van der Waals surface area (Å²) in [5.41, 5.74) is 1.67. The van der Waals surface area contributed by atoms with Crippen LogP contribution in [-0.4, -0.2) is 41.1 Å². The number of carbonyl (C=O) groups is 1. The normalized spacial score (nSPS) is 12.9. The Bertz CT molecular complexity index is 1500. The summed E-state index contributed by atoms with van der Waals surface area (Å²) >= 11 is 0. The van der Waals surface area contributed by atoms with Gasteiger partial charge in [0.15, 0.2) is 5.65 Å². The number of amides is 1. The van der Waals surface area contributed by atoms with Gasteiger partial charge in [0.2, 0.25) is 0 Å². The number of nitrogens with zero attached hydrogens (tertiary/aromatic N) is 6. The minimum atomic E-state index is -4.41. The number of carbonyl (C=O) groups excluding carboxylic acids is 1. The van der Waals surface area contributed by atoms with Crippen LogP contribution >= 0.6 is 0 Å². The van der Waals surface area contributed by atoms with Gasteiger partial charge in [0.25, 0.3) is 5.91 Å². The van der Waals surface area contributed by atoms with Crippen LogP contribution in [0.2, 0.25) is 0 Å². The van der Waals surface area contributed by atoms with E-state index in [1.165, 1.54) is 18.5 Å². The van der Waals surface area contributed by atoms with Crippen molar-refractivity contribution in [3.05, 3.63) is 72.4 Å². The highest BCUT2D eigenvalue weighted by Gasteiger charge is 2.30. The Morgan fingerprint density at radius 1 is 1.11 bits per heavy atom. The lowest BCUT2D eigenvalue weighted by Crippen LogP contribution is -2.33. The molecule has 2 aromatic carbocycles. The lowest BCUT2D eigenvalue weighted by molar-refractivity contribution is -0.137. The van der Waals surface area contributed by atoms with E-state index in [9.17, 15) is 18.0 Å². The van der Waals surface area contributed by atoms with Gasteiger partial charge in [0, 0.05) is 47.9 Å². The molecule has 5 rings (SSSR count). The van der Waals surface area contributed by atoms with Crippen LogP contribution in [0.25, 0.3) is 27.6 Å². The van der Waals surface area contributed by atoms with E-state index in [2.05, 4.69) is 20.5 Å². The first-order valence-corrected chi connectivity index (χ1v) is 11.0. The SMILES string of the molecule is CC(CCn1cncn1)NC(=O)c1ccc2c(c1)c1cn(C)nc1n2-c1ccc(C(F)(F)F)cc1. The summed E-state index contributed by atoms with van der Waals surface area (Å²) in [4.78, 5) is 16.8. The average Bonchev–Trinajstić information content (AvgIpc) is 3.53. The molecule has 5 aromatic rings. The van der Waals surface area contributed by atoms with Crippen LogP contribution in [0.15, 0.2) is 61.3 Å². The number of rotatable bonds is 6. The molecule has 180 valence electrons. The third-order valence-corrected chi connectivity index (χ3v) is 5.90. The van der Waals surface area contributed by atoms with E-state index in [1.54, 1.807) is 45.5 Å². The fraction of sp³-hybridized carbons (Fsp3) is 0.250.